The van der Waals surface area contributed by atoms with Crippen LogP contribution in [-0.4, -0.2) is 12.5 Å². The molecule has 0 heterocycles. The Kier molecular flexibility index (Phi) is 6.73. The van der Waals surface area contributed by atoms with E-state index in [-0.39, 0.29) is 5.91 Å². The van der Waals surface area contributed by atoms with Crippen LogP contribution in [0.5, 0.6) is 0 Å². The second kappa shape index (κ2) is 8.05. The van der Waals surface area contributed by atoms with Gasteiger partial charge in [-0.15, -0.1) is 0 Å². The van der Waals surface area contributed by atoms with Crippen molar-refractivity contribution in [1.29, 1.82) is 0 Å². The SMILES string of the molecule is CCCC(CN)(CCC)C(=O)NCc1ccc(C)cc1. The molecule has 0 saturated carbocycles. The van der Waals surface area contributed by atoms with Crippen molar-refractivity contribution >= 4 is 5.91 Å². The molecule has 1 amide bonds. The Bertz CT molecular complexity index is 406. The van der Waals surface area contributed by atoms with Crippen molar-refractivity contribution in [1.82, 2.24) is 5.32 Å². The molecule has 1 rings (SSSR count). The number of nitrogens with two attached hydrogens (primary N) is 1. The van der Waals surface area contributed by atoms with Crippen LogP contribution in [0.3, 0.4) is 0 Å². The van der Waals surface area contributed by atoms with Gasteiger partial charge in [-0.1, -0.05) is 56.5 Å². The largest absolute Gasteiger partial charge is 0.352 e. The van der Waals surface area contributed by atoms with Crippen LogP contribution in [0.4, 0.5) is 0 Å². The average Bonchev–Trinajstić information content (AvgIpc) is 2.46. The molecular formula is C17H28N2O. The van der Waals surface area contributed by atoms with Crippen molar-refractivity contribution in [2.75, 3.05) is 6.54 Å². The summed E-state index contributed by atoms with van der Waals surface area (Å²) in [5, 5.41) is 3.06. The highest BCUT2D eigenvalue weighted by Crippen LogP contribution is 2.29. The van der Waals surface area contributed by atoms with E-state index in [1.165, 1.54) is 5.56 Å². The van der Waals surface area contributed by atoms with Gasteiger partial charge in [-0.2, -0.15) is 0 Å². The highest BCUT2D eigenvalue weighted by molar-refractivity contribution is 5.82. The lowest BCUT2D eigenvalue weighted by atomic mass is 9.78. The van der Waals surface area contributed by atoms with E-state index in [1.807, 2.05) is 0 Å². The Labute approximate surface area is 122 Å². The van der Waals surface area contributed by atoms with Crippen LogP contribution in [-0.2, 0) is 11.3 Å². The van der Waals surface area contributed by atoms with Crippen LogP contribution in [0.2, 0.25) is 0 Å². The number of hydrogen-bond donors (Lipinski definition) is 2. The fraction of sp³-hybridized carbons (Fsp3) is 0.588. The number of aryl methyl sites for hydroxylation is 1. The topological polar surface area (TPSA) is 55.1 Å². The van der Waals surface area contributed by atoms with Gasteiger partial charge in [-0.25, -0.2) is 0 Å². The van der Waals surface area contributed by atoms with Gasteiger partial charge in [0.2, 0.25) is 5.91 Å². The quantitative estimate of drug-likeness (QED) is 0.766. The first-order valence-electron chi connectivity index (χ1n) is 7.62. The first kappa shape index (κ1) is 16.7. The van der Waals surface area contributed by atoms with Crippen LogP contribution in [0.15, 0.2) is 24.3 Å². The summed E-state index contributed by atoms with van der Waals surface area (Å²) in [4.78, 5) is 12.5. The predicted octanol–water partition coefficient (Wildman–Crippen LogP) is 3.16. The monoisotopic (exact) mass is 276 g/mol. The lowest BCUT2D eigenvalue weighted by Gasteiger charge is -2.30. The van der Waals surface area contributed by atoms with E-state index in [9.17, 15) is 4.79 Å². The molecule has 20 heavy (non-hydrogen) atoms. The van der Waals surface area contributed by atoms with E-state index in [1.54, 1.807) is 0 Å². The highest BCUT2D eigenvalue weighted by Gasteiger charge is 2.34. The second-order valence-electron chi connectivity index (χ2n) is 5.65. The first-order valence-corrected chi connectivity index (χ1v) is 7.62. The average molecular weight is 276 g/mol. The van der Waals surface area contributed by atoms with Crippen LogP contribution in [0, 0.1) is 12.3 Å². The molecule has 0 aliphatic rings. The summed E-state index contributed by atoms with van der Waals surface area (Å²) in [5.41, 5.74) is 7.87. The van der Waals surface area contributed by atoms with E-state index in [2.05, 4.69) is 50.4 Å². The van der Waals surface area contributed by atoms with Gasteiger partial charge in [0.15, 0.2) is 0 Å². The molecule has 0 radical (unpaired) electrons. The summed E-state index contributed by atoms with van der Waals surface area (Å²) in [6.07, 6.45) is 3.68. The molecule has 1 aromatic rings. The molecule has 3 heteroatoms. The summed E-state index contributed by atoms with van der Waals surface area (Å²) in [6, 6.07) is 8.24. The normalized spacial score (nSPS) is 11.4. The van der Waals surface area contributed by atoms with Crippen molar-refractivity contribution in [2.45, 2.75) is 53.0 Å². The molecule has 112 valence electrons. The van der Waals surface area contributed by atoms with Gasteiger partial charge >= 0.3 is 0 Å². The van der Waals surface area contributed by atoms with E-state index in [4.69, 9.17) is 5.73 Å². The third kappa shape index (κ3) is 4.34. The molecule has 0 bridgehead atoms. The van der Waals surface area contributed by atoms with Gasteiger partial charge in [0.1, 0.15) is 0 Å². The summed E-state index contributed by atoms with van der Waals surface area (Å²) in [5.74, 6) is 0.101. The number of benzene rings is 1. The summed E-state index contributed by atoms with van der Waals surface area (Å²) in [6.45, 7) is 7.27. The van der Waals surface area contributed by atoms with Gasteiger partial charge in [0.05, 0.1) is 5.41 Å². The fourth-order valence-electron chi connectivity index (χ4n) is 2.68. The van der Waals surface area contributed by atoms with Crippen molar-refractivity contribution in [2.24, 2.45) is 11.1 Å². The zero-order valence-electron chi connectivity index (χ0n) is 13.0. The Hall–Kier alpha value is -1.35. The molecule has 0 aliphatic heterocycles. The number of amides is 1. The molecule has 0 atom stereocenters. The molecule has 0 fully saturated rings. The maximum Gasteiger partial charge on any atom is 0.227 e. The molecule has 0 spiro atoms. The molecule has 3 N–H and O–H groups in total. The maximum absolute atomic E-state index is 12.5. The predicted molar refractivity (Wildman–Crippen MR) is 84.3 cm³/mol. The van der Waals surface area contributed by atoms with Gasteiger partial charge in [0, 0.05) is 13.1 Å². The van der Waals surface area contributed by atoms with Crippen LogP contribution in [0.1, 0.15) is 50.7 Å². The second-order valence-corrected chi connectivity index (χ2v) is 5.65. The minimum Gasteiger partial charge on any atom is -0.352 e. The smallest absolute Gasteiger partial charge is 0.227 e. The van der Waals surface area contributed by atoms with E-state index in [0.29, 0.717) is 13.1 Å². The molecule has 0 aliphatic carbocycles. The Morgan fingerprint density at radius 3 is 2.15 bits per heavy atom. The lowest BCUT2D eigenvalue weighted by Crippen LogP contribution is -2.45. The maximum atomic E-state index is 12.5. The Morgan fingerprint density at radius 1 is 1.15 bits per heavy atom. The fourth-order valence-corrected chi connectivity index (χ4v) is 2.68. The Morgan fingerprint density at radius 2 is 1.70 bits per heavy atom. The van der Waals surface area contributed by atoms with Crippen molar-refractivity contribution in [3.05, 3.63) is 35.4 Å². The number of carbonyl (C=O) groups excluding carboxylic acids is 1. The van der Waals surface area contributed by atoms with Gasteiger partial charge in [0.25, 0.3) is 0 Å². The van der Waals surface area contributed by atoms with E-state index >= 15 is 0 Å². The third-order valence-electron chi connectivity index (χ3n) is 3.90. The van der Waals surface area contributed by atoms with Crippen molar-refractivity contribution in [3.8, 4) is 0 Å². The van der Waals surface area contributed by atoms with Crippen LogP contribution in [0.25, 0.3) is 0 Å². The van der Waals surface area contributed by atoms with Crippen LogP contribution >= 0.6 is 0 Å². The summed E-state index contributed by atoms with van der Waals surface area (Å²) < 4.78 is 0. The molecule has 1 aromatic carbocycles. The first-order chi connectivity index (χ1) is 9.57. The third-order valence-corrected chi connectivity index (χ3v) is 3.90. The van der Waals surface area contributed by atoms with Gasteiger partial charge in [-0.05, 0) is 25.3 Å². The number of nitrogens with one attached hydrogen (secondary N) is 1. The van der Waals surface area contributed by atoms with Gasteiger partial charge < -0.3 is 11.1 Å². The van der Waals surface area contributed by atoms with E-state index < -0.39 is 5.41 Å². The zero-order chi connectivity index (χ0) is 15.0. The molecule has 3 nitrogen and oxygen atoms in total. The Balaban J connectivity index is 2.68. The van der Waals surface area contributed by atoms with Crippen molar-refractivity contribution < 1.29 is 4.79 Å². The zero-order valence-corrected chi connectivity index (χ0v) is 13.0. The van der Waals surface area contributed by atoms with Gasteiger partial charge in [-0.3, -0.25) is 4.79 Å². The van der Waals surface area contributed by atoms with Crippen LogP contribution < -0.4 is 11.1 Å². The number of carbonyl (C=O) groups is 1. The number of hydrogen-bond acceptors (Lipinski definition) is 2. The standard InChI is InChI=1S/C17H28N2O/c1-4-10-17(13-18,11-5-2)16(20)19-12-15-8-6-14(3)7-9-15/h6-9H,4-5,10-13,18H2,1-3H3,(H,19,20). The molecule has 0 aromatic heterocycles. The molecule has 0 unspecified atom stereocenters. The number of rotatable bonds is 8. The van der Waals surface area contributed by atoms with E-state index in [0.717, 1.165) is 31.2 Å². The lowest BCUT2D eigenvalue weighted by molar-refractivity contribution is -0.131. The minimum atomic E-state index is -0.395. The molecular weight excluding hydrogens is 248 g/mol. The molecule has 0 saturated heterocycles. The highest BCUT2D eigenvalue weighted by atomic mass is 16.2. The summed E-state index contributed by atoms with van der Waals surface area (Å²) >= 11 is 0. The summed E-state index contributed by atoms with van der Waals surface area (Å²) in [7, 11) is 0. The van der Waals surface area contributed by atoms with Crippen molar-refractivity contribution in [3.63, 3.8) is 0 Å². The minimum absolute atomic E-state index is 0.101.